The zero-order valence-corrected chi connectivity index (χ0v) is 96.4. The van der Waals surface area contributed by atoms with E-state index >= 15 is 0 Å². The molecule has 0 radical (unpaired) electrons. The van der Waals surface area contributed by atoms with E-state index in [-0.39, 0.29) is 30.3 Å². The van der Waals surface area contributed by atoms with Crippen LogP contribution in [-0.2, 0) is 113 Å². The van der Waals surface area contributed by atoms with Crippen molar-refractivity contribution in [1.82, 2.24) is 95.9 Å². The van der Waals surface area contributed by atoms with E-state index in [2.05, 4.69) is 360 Å². The largest absolute Gasteiger partial charge is 0.390 e. The van der Waals surface area contributed by atoms with E-state index in [9.17, 15) is 8.78 Å². The molecule has 27 heteroatoms. The summed E-state index contributed by atoms with van der Waals surface area (Å²) >= 11 is 5.84. The molecule has 0 saturated carbocycles. The molecule has 0 bridgehead atoms. The van der Waals surface area contributed by atoms with Gasteiger partial charge in [0.1, 0.15) is 5.15 Å². The molecular weight excluding hydrogens is 1770 g/mol. The Balaban J connectivity index is 0.00000149. The van der Waals surface area contributed by atoms with Gasteiger partial charge in [0, 0.05) is 218 Å². The fourth-order valence-corrected chi connectivity index (χ4v) is 13.5. The lowest BCUT2D eigenvalue weighted by molar-refractivity contribution is 0.179. The minimum absolute atomic E-state index is 0.128. The number of nitrogens with zero attached hydrogens (tertiary/aromatic N) is 21. The Bertz CT molecular complexity index is 5170. The normalized spacial score (nSPS) is 10.8. The van der Waals surface area contributed by atoms with Crippen LogP contribution in [0.2, 0.25) is 5.15 Å². The predicted molar refractivity (Wildman–Crippen MR) is 585 cm³/mol. The number of aliphatic hydroxyl groups excluding tert-OH is 1. The summed E-state index contributed by atoms with van der Waals surface area (Å²) in [5.41, 5.74) is 21.9. The summed E-state index contributed by atoms with van der Waals surface area (Å²) in [7, 11) is 24.5. The van der Waals surface area contributed by atoms with Crippen molar-refractivity contribution in [2.24, 2.45) is 83.4 Å². The maximum atomic E-state index is 12.9. The minimum atomic E-state index is -0.350. The summed E-state index contributed by atoms with van der Waals surface area (Å²) in [6.45, 7) is 81.3. The number of hydrogen-bond donors (Lipinski definition) is 1. The smallest absolute Gasteiger partial charge is 0.255 e. The summed E-state index contributed by atoms with van der Waals surface area (Å²) in [5.74, 6) is 7.77. The Kier molecular flexibility index (Phi) is 62.2. The standard InChI is InChI=1S/C10H17NO.C9H15NO.2C9H15N.C8H12ClN.C8H11N3.3C8H14N2.C8H13N.2C7H11FN2.C7H12N2.C7H16O/c1-8(2)9-5-10(7-12-4)11(3)6-9;1-7(2)8-4-9(6-11)10(3)5-8;1-7(2)9-5-8(3)10(4)6-9;1-4-10-6-5-9(7-10)8(2)3;1-6(2)7-4-8(9)10(3)5-7;1-6(2)7-5-10-11(4)8(7)9-3;1-6(2)8-5-10(4)9-7(8)3;1-6(2)8-5-9-10(4)7(8)3;1-4-10-6-8(5-9-10)7(2)3;1-7(2)8-4-5-9(3)6-8;1-5(2)6-4-10(3)9-7(6)8;1-5(2)6-4-9-10(3)7(6)8;1-6(2)7-4-8-9(3)5-7;1-7(2)5-4-6-8-3/h5-6,8H,7H2,1-4H3;4-5,7,11H,6H2,1-3H3;5-7H,1-4H3;5-8H,4H2,1-3H3;4-6H,1-3H3;5-6H,1-2,4H3;2*5-6H,1-4H3;5-7H,4H2,1-3H3;4-7H,1-3H3;2*4-5H,1-3H3;4-6H,1-3H3;7H,4-6H2,1-3H3. The van der Waals surface area contributed by atoms with Gasteiger partial charge < -0.3 is 46.8 Å². The van der Waals surface area contributed by atoms with Crippen LogP contribution in [0.5, 0.6) is 0 Å². The number of aliphatic hydroxyl groups is 1. The molecule has 13 aromatic rings. The number of aryl methyl sites for hydroxylation is 15. The lowest BCUT2D eigenvalue weighted by atomic mass is 10.1. The molecule has 13 aromatic heterocycles. The first-order valence-electron chi connectivity index (χ1n) is 50.2. The van der Waals surface area contributed by atoms with E-state index < -0.39 is 0 Å². The van der Waals surface area contributed by atoms with Gasteiger partial charge in [-0.15, -0.1) is 10.2 Å². The van der Waals surface area contributed by atoms with Crippen molar-refractivity contribution < 1.29 is 23.4 Å². The van der Waals surface area contributed by atoms with E-state index in [0.29, 0.717) is 88.6 Å². The molecule has 0 aromatic carbocycles. The number of rotatable bonds is 22. The lowest BCUT2D eigenvalue weighted by Crippen LogP contribution is -1.96. The molecule has 0 unspecified atom stereocenters. The fraction of sp³-hybridized carbons (Fsp3) is 0.593. The van der Waals surface area contributed by atoms with Gasteiger partial charge >= 0.3 is 0 Å². The number of aromatic nitrogens is 20. The molecule has 0 spiro atoms. The van der Waals surface area contributed by atoms with Crippen LogP contribution < -0.4 is 0 Å². The van der Waals surface area contributed by atoms with Gasteiger partial charge in [0.2, 0.25) is 11.9 Å². The molecule has 786 valence electrons. The maximum absolute atomic E-state index is 12.9. The number of hydrogen-bond acceptors (Lipinski definition) is 10. The van der Waals surface area contributed by atoms with Gasteiger partial charge in [0.05, 0.1) is 56.9 Å². The maximum Gasteiger partial charge on any atom is 0.255 e. The highest BCUT2D eigenvalue weighted by Crippen LogP contribution is 2.28. The zero-order chi connectivity index (χ0) is 108. The summed E-state index contributed by atoms with van der Waals surface area (Å²) < 4.78 is 60.0. The molecule has 0 aliphatic heterocycles. The number of methoxy groups -OCH3 is 2. The topological polar surface area (TPSA) is 197 Å². The molecule has 24 nitrogen and oxygen atoms in total. The van der Waals surface area contributed by atoms with Gasteiger partial charge in [-0.3, -0.25) is 23.4 Å². The first-order valence-corrected chi connectivity index (χ1v) is 50.5. The molecule has 0 aliphatic rings. The van der Waals surface area contributed by atoms with Crippen molar-refractivity contribution in [3.8, 4) is 0 Å². The van der Waals surface area contributed by atoms with Gasteiger partial charge in [0.15, 0.2) is 0 Å². The molecule has 0 amide bonds. The highest BCUT2D eigenvalue weighted by atomic mass is 35.5. The third kappa shape index (κ3) is 48.9. The predicted octanol–water partition coefficient (Wildman–Crippen LogP) is 28.8. The highest BCUT2D eigenvalue weighted by Gasteiger charge is 2.16. The number of ether oxygens (including phenoxy) is 2. The van der Waals surface area contributed by atoms with Crippen molar-refractivity contribution in [3.05, 3.63) is 271 Å². The lowest BCUT2D eigenvalue weighted by Gasteiger charge is -2.02. The van der Waals surface area contributed by atoms with Gasteiger partial charge in [-0.1, -0.05) is 212 Å². The average molecular weight is 1960 g/mol. The van der Waals surface area contributed by atoms with E-state index in [4.69, 9.17) is 32.8 Å². The highest BCUT2D eigenvalue weighted by molar-refractivity contribution is 6.29. The molecule has 0 fully saturated rings. The Morgan fingerprint density at radius 2 is 0.821 bits per heavy atom. The van der Waals surface area contributed by atoms with Crippen molar-refractivity contribution in [3.63, 3.8) is 0 Å². The molecule has 0 atom stereocenters. The number of halogens is 3. The SMILES string of the molecule is CC(C)c1cc(CO)n(C)c1.CC(C)c1cc(Cl)n(C)c1.CC(C)c1ccn(C)c1.CC(C)c1cn(C)nc1F.CC(C)c1cnn(C)c1.CC(C)c1cnn(C)c1F.CCn1cc(C(C)C)cn1.CCn1ccc(C(C)C)c1.COCCCC(C)C.COCc1cc(C(C)C)cn1C.Cc1c(C(C)C)cnn1C.Cc1cc(C(C)C)cn1C.Cc1nn(C)cc1C(C)C.[C-]#[N+]c1c(C(C)C)cnn1C. The van der Waals surface area contributed by atoms with Crippen molar-refractivity contribution in [2.45, 2.75) is 345 Å². The summed E-state index contributed by atoms with van der Waals surface area (Å²) in [6, 6.07) is 12.8. The molecule has 13 rings (SSSR count). The second-order valence-corrected chi connectivity index (χ2v) is 40.8. The molecule has 1 N–H and O–H groups in total. The van der Waals surface area contributed by atoms with Crippen molar-refractivity contribution in [2.75, 3.05) is 20.8 Å². The van der Waals surface area contributed by atoms with E-state index in [1.807, 2.05) is 135 Å². The Morgan fingerprint density at radius 3 is 1.08 bits per heavy atom. The van der Waals surface area contributed by atoms with Crippen LogP contribution in [0.3, 0.4) is 0 Å². The second-order valence-electron chi connectivity index (χ2n) is 40.5. The fourth-order valence-electron chi connectivity index (χ4n) is 13.3. The molecule has 0 aliphatic carbocycles. The Hall–Kier alpha value is -10.3. The minimum Gasteiger partial charge on any atom is -0.390 e. The van der Waals surface area contributed by atoms with Crippen LogP contribution in [0.4, 0.5) is 14.6 Å². The van der Waals surface area contributed by atoms with Crippen LogP contribution in [0.25, 0.3) is 4.85 Å². The Labute approximate surface area is 851 Å². The van der Waals surface area contributed by atoms with Crippen LogP contribution in [-0.4, -0.2) is 122 Å². The van der Waals surface area contributed by atoms with E-state index in [1.54, 1.807) is 58.6 Å². The molecule has 13 heterocycles. The van der Waals surface area contributed by atoms with Crippen LogP contribution in [0.15, 0.2) is 142 Å². The zero-order valence-electron chi connectivity index (χ0n) is 95.6. The summed E-state index contributed by atoms with van der Waals surface area (Å²) in [5, 5.41) is 37.7. The summed E-state index contributed by atoms with van der Waals surface area (Å²) in [6.07, 6.45) is 36.6. The van der Waals surface area contributed by atoms with E-state index in [0.717, 1.165) is 47.7 Å². The van der Waals surface area contributed by atoms with Crippen LogP contribution in [0.1, 0.15) is 398 Å². The third-order valence-electron chi connectivity index (χ3n) is 23.3. The summed E-state index contributed by atoms with van der Waals surface area (Å²) in [4.78, 5) is 3.40. The molecule has 140 heavy (non-hydrogen) atoms. The van der Waals surface area contributed by atoms with E-state index in [1.165, 1.54) is 94.9 Å². The van der Waals surface area contributed by atoms with Crippen molar-refractivity contribution >= 4 is 17.4 Å². The van der Waals surface area contributed by atoms with Crippen LogP contribution >= 0.6 is 11.6 Å². The quantitative estimate of drug-likeness (QED) is 0.0503. The Morgan fingerprint density at radius 1 is 0.393 bits per heavy atom. The van der Waals surface area contributed by atoms with Crippen molar-refractivity contribution in [1.29, 1.82) is 0 Å². The van der Waals surface area contributed by atoms with Crippen LogP contribution in [0, 0.1) is 45.2 Å². The second kappa shape index (κ2) is 67.2. The monoisotopic (exact) mass is 1960 g/mol. The molecule has 0 saturated heterocycles. The molecular formula is C113H190ClF2N21O3. The average Bonchev–Trinajstić information content (AvgIpc) is 1.71. The first-order chi connectivity index (χ1) is 65.3. The van der Waals surface area contributed by atoms with Gasteiger partial charge in [-0.05, 0) is 222 Å². The van der Waals surface area contributed by atoms with Gasteiger partial charge in [0.25, 0.3) is 5.82 Å². The van der Waals surface area contributed by atoms with Gasteiger partial charge in [-0.2, -0.15) is 34.3 Å². The first kappa shape index (κ1) is 130. The van der Waals surface area contributed by atoms with Gasteiger partial charge in [-0.25, -0.2) is 9.36 Å². The third-order valence-corrected chi connectivity index (χ3v) is 23.7.